The molecule has 23 heavy (non-hydrogen) atoms. The summed E-state index contributed by atoms with van der Waals surface area (Å²) in [5.41, 5.74) is 0. The lowest BCUT2D eigenvalue weighted by Gasteiger charge is -2.38. The number of hydrogen-bond acceptors (Lipinski definition) is 5. The fourth-order valence-corrected chi connectivity index (χ4v) is 5.45. The Bertz CT molecular complexity index is 605. The van der Waals surface area contributed by atoms with Crippen LogP contribution in [0.5, 0.6) is 0 Å². The second-order valence-corrected chi connectivity index (χ2v) is 9.22. The van der Waals surface area contributed by atoms with E-state index in [9.17, 15) is 18.0 Å². The minimum atomic E-state index is -3.04. The molecular formula is C15H24N2O5S. The topological polar surface area (TPSA) is 84.0 Å². The number of ether oxygens (including phenoxy) is 1. The first kappa shape index (κ1) is 16.7. The second kappa shape index (κ2) is 6.05. The van der Waals surface area contributed by atoms with E-state index in [1.165, 1.54) is 0 Å². The van der Waals surface area contributed by atoms with Crippen LogP contribution < -0.4 is 0 Å². The molecule has 3 fully saturated rings. The number of hydrogen-bond donors (Lipinski definition) is 0. The Morgan fingerprint density at radius 1 is 1.26 bits per heavy atom. The Labute approximate surface area is 136 Å². The van der Waals surface area contributed by atoms with Crippen molar-refractivity contribution in [3.8, 4) is 0 Å². The van der Waals surface area contributed by atoms with E-state index in [1.54, 1.807) is 9.80 Å². The first-order valence-corrected chi connectivity index (χ1v) is 10.0. The maximum atomic E-state index is 12.8. The lowest BCUT2D eigenvalue weighted by molar-refractivity contribution is -0.147. The standard InChI is InChI=1S/C15H24N2O5S/c1-10-8-22-11(2)6-16(10)15(19)12-5-14(18)17(7-12)13-3-4-23(20,21)9-13/h10-13H,3-9H2,1-2H3/t10-,11+,12+,13-/m0/s1. The normalized spacial score (nSPS) is 37.4. The number of carbonyl (C=O) groups is 2. The van der Waals surface area contributed by atoms with Crippen molar-refractivity contribution in [1.29, 1.82) is 0 Å². The van der Waals surface area contributed by atoms with E-state index in [1.807, 2.05) is 13.8 Å². The molecule has 8 heteroatoms. The number of nitrogens with zero attached hydrogens (tertiary/aromatic N) is 2. The molecule has 3 aliphatic heterocycles. The fraction of sp³-hybridized carbons (Fsp3) is 0.867. The highest BCUT2D eigenvalue weighted by atomic mass is 32.2. The first-order chi connectivity index (χ1) is 10.8. The summed E-state index contributed by atoms with van der Waals surface area (Å²) in [6.45, 7) is 5.28. The Balaban J connectivity index is 1.66. The molecule has 0 bridgehead atoms. The molecule has 0 unspecified atom stereocenters. The minimum Gasteiger partial charge on any atom is -0.375 e. The van der Waals surface area contributed by atoms with Gasteiger partial charge in [-0.1, -0.05) is 0 Å². The average molecular weight is 344 g/mol. The molecule has 3 saturated heterocycles. The van der Waals surface area contributed by atoms with Gasteiger partial charge in [0.1, 0.15) is 0 Å². The van der Waals surface area contributed by atoms with Gasteiger partial charge in [-0.25, -0.2) is 8.42 Å². The van der Waals surface area contributed by atoms with Crippen molar-refractivity contribution >= 4 is 21.7 Å². The smallest absolute Gasteiger partial charge is 0.228 e. The SMILES string of the molecule is C[C@@H]1CN(C(=O)[C@@H]2CC(=O)N([C@H]3CCS(=O)(=O)C3)C2)[C@@H](C)CO1. The zero-order valence-corrected chi connectivity index (χ0v) is 14.4. The molecule has 0 aromatic rings. The lowest BCUT2D eigenvalue weighted by Crippen LogP contribution is -2.52. The number of likely N-dealkylation sites (tertiary alicyclic amines) is 1. The van der Waals surface area contributed by atoms with Crippen LogP contribution in [0.15, 0.2) is 0 Å². The van der Waals surface area contributed by atoms with Gasteiger partial charge in [0.15, 0.2) is 9.84 Å². The predicted octanol–water partition coefficient (Wildman–Crippen LogP) is -0.342. The van der Waals surface area contributed by atoms with Crippen LogP contribution in [0.2, 0.25) is 0 Å². The Morgan fingerprint density at radius 2 is 2.00 bits per heavy atom. The first-order valence-electron chi connectivity index (χ1n) is 8.19. The third kappa shape index (κ3) is 3.38. The van der Waals surface area contributed by atoms with Gasteiger partial charge < -0.3 is 14.5 Å². The van der Waals surface area contributed by atoms with Gasteiger partial charge in [0.05, 0.1) is 36.2 Å². The van der Waals surface area contributed by atoms with Crippen molar-refractivity contribution in [1.82, 2.24) is 9.80 Å². The third-order valence-corrected chi connectivity index (χ3v) is 6.80. The molecule has 2 amide bonds. The van der Waals surface area contributed by atoms with Crippen LogP contribution in [0.1, 0.15) is 26.7 Å². The van der Waals surface area contributed by atoms with Crippen molar-refractivity contribution in [3.05, 3.63) is 0 Å². The number of morpholine rings is 1. The van der Waals surface area contributed by atoms with E-state index in [0.717, 1.165) is 0 Å². The molecule has 0 aromatic heterocycles. The zero-order valence-electron chi connectivity index (χ0n) is 13.6. The summed E-state index contributed by atoms with van der Waals surface area (Å²) < 4.78 is 28.8. The van der Waals surface area contributed by atoms with Crippen LogP contribution in [0.25, 0.3) is 0 Å². The van der Waals surface area contributed by atoms with Crippen molar-refractivity contribution in [2.45, 2.75) is 44.9 Å². The minimum absolute atomic E-state index is 0.00309. The Morgan fingerprint density at radius 3 is 2.65 bits per heavy atom. The van der Waals surface area contributed by atoms with Gasteiger partial charge in [0, 0.05) is 25.6 Å². The fourth-order valence-electron chi connectivity index (χ4n) is 3.72. The lowest BCUT2D eigenvalue weighted by atomic mass is 10.0. The van der Waals surface area contributed by atoms with E-state index in [-0.39, 0.29) is 53.8 Å². The van der Waals surface area contributed by atoms with Crippen molar-refractivity contribution in [2.75, 3.05) is 31.2 Å². The zero-order chi connectivity index (χ0) is 16.8. The molecule has 0 aliphatic carbocycles. The molecule has 0 saturated carbocycles. The summed E-state index contributed by atoms with van der Waals surface area (Å²) in [5, 5.41) is 0. The molecule has 4 atom stereocenters. The van der Waals surface area contributed by atoms with Gasteiger partial charge >= 0.3 is 0 Å². The summed E-state index contributed by atoms with van der Waals surface area (Å²) in [7, 11) is -3.04. The highest BCUT2D eigenvalue weighted by Crippen LogP contribution is 2.28. The summed E-state index contributed by atoms with van der Waals surface area (Å²) in [6.07, 6.45) is 0.678. The molecule has 0 aromatic carbocycles. The van der Waals surface area contributed by atoms with Gasteiger partial charge in [0.25, 0.3) is 0 Å². The monoisotopic (exact) mass is 344 g/mol. The van der Waals surface area contributed by atoms with E-state index < -0.39 is 9.84 Å². The number of amides is 2. The van der Waals surface area contributed by atoms with Crippen LogP contribution >= 0.6 is 0 Å². The number of rotatable bonds is 2. The van der Waals surface area contributed by atoms with Gasteiger partial charge in [-0.2, -0.15) is 0 Å². The quantitative estimate of drug-likeness (QED) is 0.684. The maximum Gasteiger partial charge on any atom is 0.228 e. The number of carbonyl (C=O) groups excluding carboxylic acids is 2. The summed E-state index contributed by atoms with van der Waals surface area (Å²) in [5.74, 6) is -0.301. The van der Waals surface area contributed by atoms with E-state index >= 15 is 0 Å². The molecule has 3 rings (SSSR count). The molecule has 0 N–H and O–H groups in total. The van der Waals surface area contributed by atoms with Crippen LogP contribution in [-0.2, 0) is 24.2 Å². The van der Waals surface area contributed by atoms with E-state index in [0.29, 0.717) is 26.1 Å². The summed E-state index contributed by atoms with van der Waals surface area (Å²) in [4.78, 5) is 28.4. The van der Waals surface area contributed by atoms with E-state index in [2.05, 4.69) is 0 Å². The molecule has 130 valence electrons. The third-order valence-electron chi connectivity index (χ3n) is 5.05. The van der Waals surface area contributed by atoms with Crippen molar-refractivity contribution in [2.24, 2.45) is 5.92 Å². The van der Waals surface area contributed by atoms with Gasteiger partial charge in [-0.05, 0) is 20.3 Å². The van der Waals surface area contributed by atoms with Crippen molar-refractivity contribution in [3.63, 3.8) is 0 Å². The van der Waals surface area contributed by atoms with Gasteiger partial charge in [0.2, 0.25) is 11.8 Å². The maximum absolute atomic E-state index is 12.8. The number of sulfone groups is 1. The molecule has 7 nitrogen and oxygen atoms in total. The Hall–Kier alpha value is -1.15. The van der Waals surface area contributed by atoms with Crippen LogP contribution in [0, 0.1) is 5.92 Å². The van der Waals surface area contributed by atoms with E-state index in [4.69, 9.17) is 4.74 Å². The second-order valence-electron chi connectivity index (χ2n) is 6.99. The van der Waals surface area contributed by atoms with Crippen LogP contribution in [-0.4, -0.2) is 79.4 Å². The summed E-state index contributed by atoms with van der Waals surface area (Å²) >= 11 is 0. The largest absolute Gasteiger partial charge is 0.375 e. The Kier molecular flexibility index (Phi) is 4.39. The molecule has 0 radical (unpaired) electrons. The highest BCUT2D eigenvalue weighted by Gasteiger charge is 2.44. The van der Waals surface area contributed by atoms with Crippen LogP contribution in [0.3, 0.4) is 0 Å². The predicted molar refractivity (Wildman–Crippen MR) is 83.5 cm³/mol. The van der Waals surface area contributed by atoms with Crippen LogP contribution in [0.4, 0.5) is 0 Å². The molecule has 0 spiro atoms. The van der Waals surface area contributed by atoms with Crippen molar-refractivity contribution < 1.29 is 22.7 Å². The molecule has 3 heterocycles. The van der Waals surface area contributed by atoms with Gasteiger partial charge in [-0.3, -0.25) is 9.59 Å². The average Bonchev–Trinajstić information content (AvgIpc) is 3.03. The molecule has 3 aliphatic rings. The summed E-state index contributed by atoms with van der Waals surface area (Å²) in [6, 6.07) is -0.249. The van der Waals surface area contributed by atoms with Gasteiger partial charge in [-0.15, -0.1) is 0 Å². The molecular weight excluding hydrogens is 320 g/mol. The highest BCUT2D eigenvalue weighted by molar-refractivity contribution is 7.91.